The van der Waals surface area contributed by atoms with Crippen molar-refractivity contribution in [2.75, 3.05) is 10.0 Å². The van der Waals surface area contributed by atoms with Gasteiger partial charge >= 0.3 is 12.1 Å². The lowest BCUT2D eigenvalue weighted by Crippen LogP contribution is -2.21. The fourth-order valence-electron chi connectivity index (χ4n) is 1.93. The number of rotatable bonds is 5. The molecule has 3 N–H and O–H groups in total. The number of carbonyl (C=O) groups excluding carboxylic acids is 1. The molecule has 3 rings (SSSR count). The van der Waals surface area contributed by atoms with Crippen LogP contribution in [0.5, 0.6) is 0 Å². The largest absolute Gasteiger partial charge is 0.490 e. The lowest BCUT2D eigenvalue weighted by molar-refractivity contribution is -0.192. The van der Waals surface area contributed by atoms with E-state index in [2.05, 4.69) is 15.0 Å². The number of anilines is 2. The topological polar surface area (TPSA) is 125 Å². The summed E-state index contributed by atoms with van der Waals surface area (Å²) in [5.74, 6) is -2.41. The number of hydrogen-bond acceptors (Lipinski definition) is 5. The number of alkyl halides is 3. The van der Waals surface area contributed by atoms with Crippen LogP contribution in [0, 0.1) is 5.92 Å². The lowest BCUT2D eigenvalue weighted by Gasteiger charge is -2.08. The van der Waals surface area contributed by atoms with Crippen molar-refractivity contribution >= 4 is 33.4 Å². The van der Waals surface area contributed by atoms with Crippen LogP contribution in [0.15, 0.2) is 53.6 Å². The van der Waals surface area contributed by atoms with Gasteiger partial charge in [-0.15, -0.1) is 0 Å². The lowest BCUT2D eigenvalue weighted by atomic mass is 10.3. The first-order valence-electron chi connectivity index (χ1n) is 8.14. The van der Waals surface area contributed by atoms with E-state index in [9.17, 15) is 26.4 Å². The Kier molecular flexibility index (Phi) is 6.80. The van der Waals surface area contributed by atoms with Crippen LogP contribution in [0.1, 0.15) is 12.8 Å². The molecule has 1 aromatic heterocycles. The second-order valence-corrected chi connectivity index (χ2v) is 7.59. The van der Waals surface area contributed by atoms with Gasteiger partial charge < -0.3 is 10.4 Å². The third-order valence-electron chi connectivity index (χ3n) is 3.53. The first-order valence-corrected chi connectivity index (χ1v) is 9.62. The zero-order valence-corrected chi connectivity index (χ0v) is 15.5. The maximum atomic E-state index is 12.2. The number of pyridine rings is 1. The third-order valence-corrected chi connectivity index (χ3v) is 4.90. The average Bonchev–Trinajstić information content (AvgIpc) is 3.47. The fourth-order valence-corrected chi connectivity index (χ4v) is 2.94. The molecular weight excluding hydrogens is 415 g/mol. The summed E-state index contributed by atoms with van der Waals surface area (Å²) in [4.78, 5) is 24.6. The van der Waals surface area contributed by atoms with E-state index in [1.54, 1.807) is 30.3 Å². The summed E-state index contributed by atoms with van der Waals surface area (Å²) >= 11 is 0. The molecule has 2 aromatic rings. The van der Waals surface area contributed by atoms with E-state index < -0.39 is 22.2 Å². The van der Waals surface area contributed by atoms with Crippen LogP contribution in [0.4, 0.5) is 24.7 Å². The van der Waals surface area contributed by atoms with Crippen molar-refractivity contribution in [2.24, 2.45) is 5.92 Å². The predicted octanol–water partition coefficient (Wildman–Crippen LogP) is 2.86. The van der Waals surface area contributed by atoms with Crippen LogP contribution >= 0.6 is 0 Å². The molecule has 8 nitrogen and oxygen atoms in total. The van der Waals surface area contributed by atoms with Gasteiger partial charge in [0.1, 0.15) is 5.82 Å². The minimum Gasteiger partial charge on any atom is -0.475 e. The molecule has 1 aliphatic carbocycles. The zero-order valence-electron chi connectivity index (χ0n) is 14.7. The standard InChI is InChI=1S/C15H15N3O3S.C2HF3O2/c19-15(11-4-5-11)17-12-6-8-13(9-7-12)22(20,21)18-14-3-1-2-10-16-14;3-2(4,5)1(6)7/h1-3,6-11H,4-5H2,(H,16,18)(H,17,19);(H,6,7). The fraction of sp³-hybridized carbons (Fsp3) is 0.235. The molecule has 1 saturated carbocycles. The number of nitrogens with one attached hydrogen (secondary N) is 2. The zero-order chi connectivity index (χ0) is 21.7. The summed E-state index contributed by atoms with van der Waals surface area (Å²) < 4.78 is 58.6. The van der Waals surface area contributed by atoms with E-state index in [1.807, 2.05) is 0 Å². The van der Waals surface area contributed by atoms with Crippen molar-refractivity contribution in [3.05, 3.63) is 48.7 Å². The number of aromatic nitrogens is 1. The molecule has 1 amide bonds. The number of hydrogen-bond donors (Lipinski definition) is 3. The molecule has 1 fully saturated rings. The molecule has 0 bridgehead atoms. The van der Waals surface area contributed by atoms with E-state index in [1.165, 1.54) is 18.3 Å². The molecule has 12 heteroatoms. The maximum absolute atomic E-state index is 12.2. The number of carboxylic acids is 1. The number of carbonyl (C=O) groups is 2. The highest BCUT2D eigenvalue weighted by atomic mass is 32.2. The van der Waals surface area contributed by atoms with Crippen molar-refractivity contribution in [1.29, 1.82) is 0 Å². The number of nitrogens with zero attached hydrogens (tertiary/aromatic N) is 1. The van der Waals surface area contributed by atoms with Gasteiger partial charge in [-0.25, -0.2) is 18.2 Å². The van der Waals surface area contributed by atoms with E-state index in [0.29, 0.717) is 5.69 Å². The molecule has 0 unspecified atom stereocenters. The Bertz CT molecular complexity index is 960. The SMILES string of the molecule is O=C(Nc1ccc(S(=O)(=O)Nc2ccccn2)cc1)C1CC1.O=C(O)C(F)(F)F. The molecule has 0 atom stereocenters. The van der Waals surface area contributed by atoms with Gasteiger partial charge in [0, 0.05) is 17.8 Å². The Morgan fingerprint density at radius 1 is 1.07 bits per heavy atom. The van der Waals surface area contributed by atoms with Crippen molar-refractivity contribution in [1.82, 2.24) is 4.98 Å². The van der Waals surface area contributed by atoms with Gasteiger partial charge in [0.05, 0.1) is 4.90 Å². The molecule has 1 aromatic carbocycles. The highest BCUT2D eigenvalue weighted by molar-refractivity contribution is 7.92. The number of sulfonamides is 1. The Labute approximate surface area is 163 Å². The number of aliphatic carboxylic acids is 1. The van der Waals surface area contributed by atoms with Crippen molar-refractivity contribution < 1.29 is 36.3 Å². The van der Waals surface area contributed by atoms with Gasteiger partial charge in [-0.2, -0.15) is 13.2 Å². The normalized spacial score (nSPS) is 13.6. The van der Waals surface area contributed by atoms with Gasteiger partial charge in [-0.3, -0.25) is 9.52 Å². The monoisotopic (exact) mass is 431 g/mol. The van der Waals surface area contributed by atoms with Gasteiger partial charge in [0.25, 0.3) is 10.0 Å². The third kappa shape index (κ3) is 7.07. The number of halogens is 3. The van der Waals surface area contributed by atoms with Crippen molar-refractivity contribution in [3.8, 4) is 0 Å². The smallest absolute Gasteiger partial charge is 0.475 e. The molecule has 29 heavy (non-hydrogen) atoms. The van der Waals surface area contributed by atoms with Crippen LogP contribution in [0.2, 0.25) is 0 Å². The Morgan fingerprint density at radius 3 is 2.10 bits per heavy atom. The molecule has 0 saturated heterocycles. The van der Waals surface area contributed by atoms with Crippen molar-refractivity contribution in [3.63, 3.8) is 0 Å². The Hall–Kier alpha value is -3.15. The number of amides is 1. The summed E-state index contributed by atoms with van der Waals surface area (Å²) in [7, 11) is -3.69. The average molecular weight is 431 g/mol. The van der Waals surface area contributed by atoms with Gasteiger partial charge in [0.15, 0.2) is 0 Å². The highest BCUT2D eigenvalue weighted by Crippen LogP contribution is 2.30. The molecular formula is C17H16F3N3O5S. The summed E-state index contributed by atoms with van der Waals surface area (Å²) in [6.45, 7) is 0. The summed E-state index contributed by atoms with van der Waals surface area (Å²) in [5.41, 5.74) is 0.591. The minimum absolute atomic E-state index is 0.0118. The second kappa shape index (κ2) is 8.90. The van der Waals surface area contributed by atoms with Gasteiger partial charge in [0.2, 0.25) is 5.91 Å². The quantitative estimate of drug-likeness (QED) is 0.669. The van der Waals surface area contributed by atoms with Crippen LogP contribution < -0.4 is 10.0 Å². The molecule has 1 aliphatic rings. The van der Waals surface area contributed by atoms with Crippen LogP contribution in [0.3, 0.4) is 0 Å². The van der Waals surface area contributed by atoms with Gasteiger partial charge in [-0.05, 0) is 49.2 Å². The van der Waals surface area contributed by atoms with E-state index in [-0.39, 0.29) is 22.5 Å². The maximum Gasteiger partial charge on any atom is 0.490 e. The molecule has 0 spiro atoms. The molecule has 1 heterocycles. The highest BCUT2D eigenvalue weighted by Gasteiger charge is 2.38. The molecule has 0 aliphatic heterocycles. The van der Waals surface area contributed by atoms with Crippen molar-refractivity contribution in [2.45, 2.75) is 23.9 Å². The predicted molar refractivity (Wildman–Crippen MR) is 96.5 cm³/mol. The Balaban J connectivity index is 0.000000370. The van der Waals surface area contributed by atoms with Crippen LogP contribution in [-0.4, -0.2) is 36.6 Å². The van der Waals surface area contributed by atoms with E-state index >= 15 is 0 Å². The summed E-state index contributed by atoms with van der Waals surface area (Å²) in [6, 6.07) is 11.0. The molecule has 156 valence electrons. The Morgan fingerprint density at radius 2 is 1.66 bits per heavy atom. The minimum atomic E-state index is -5.08. The van der Waals surface area contributed by atoms with Gasteiger partial charge in [-0.1, -0.05) is 6.07 Å². The summed E-state index contributed by atoms with van der Waals surface area (Å²) in [5, 5.41) is 9.89. The van der Waals surface area contributed by atoms with E-state index in [4.69, 9.17) is 9.90 Å². The molecule has 0 radical (unpaired) electrons. The van der Waals surface area contributed by atoms with Crippen LogP contribution in [-0.2, 0) is 19.6 Å². The summed E-state index contributed by atoms with van der Waals surface area (Å²) in [6.07, 6.45) is -1.73. The van der Waals surface area contributed by atoms with E-state index in [0.717, 1.165) is 12.8 Å². The first-order chi connectivity index (χ1) is 13.5. The number of carboxylic acid groups (broad SMARTS) is 1. The number of benzene rings is 1. The second-order valence-electron chi connectivity index (χ2n) is 5.91. The first kappa shape index (κ1) is 22.1. The van der Waals surface area contributed by atoms with Crippen LogP contribution in [0.25, 0.3) is 0 Å².